The van der Waals surface area contributed by atoms with E-state index in [1.54, 1.807) is 11.1 Å². The van der Waals surface area contributed by atoms with Gasteiger partial charge in [0, 0.05) is 25.9 Å². The number of hydrogen-bond acceptors (Lipinski definition) is 3. The van der Waals surface area contributed by atoms with E-state index in [-0.39, 0.29) is 0 Å². The zero-order chi connectivity index (χ0) is 27.1. The number of benzene rings is 3. The second-order valence-electron chi connectivity index (χ2n) is 10.5. The summed E-state index contributed by atoms with van der Waals surface area (Å²) in [5.41, 5.74) is 3.17. The highest BCUT2D eigenvalue weighted by molar-refractivity contribution is 6.60. The molecule has 0 radical (unpaired) electrons. The number of unbranched alkanes of at least 4 members (excludes halogenated alkanes) is 7. The molecular weight excluding hydrogens is 484 g/mol. The number of aryl methyl sites for hydroxylation is 2. The number of fused-ring (bicyclic) bond motifs is 5. The van der Waals surface area contributed by atoms with Crippen molar-refractivity contribution >= 4 is 30.3 Å². The molecule has 0 aliphatic heterocycles. The van der Waals surface area contributed by atoms with Gasteiger partial charge in [-0.15, -0.1) is 0 Å². The molecule has 1 aliphatic carbocycles. The van der Waals surface area contributed by atoms with Gasteiger partial charge in [0.1, 0.15) is 0 Å². The first-order valence-electron chi connectivity index (χ1n) is 15.5. The van der Waals surface area contributed by atoms with E-state index in [0.717, 1.165) is 6.04 Å². The molecular formula is C34H52O3Si. The Morgan fingerprint density at radius 3 is 1.87 bits per heavy atom. The lowest BCUT2D eigenvalue weighted by atomic mass is 9.86. The van der Waals surface area contributed by atoms with Gasteiger partial charge in [0.25, 0.3) is 0 Å². The van der Waals surface area contributed by atoms with Crippen LogP contribution in [0.3, 0.4) is 0 Å². The molecule has 0 fully saturated rings. The van der Waals surface area contributed by atoms with Gasteiger partial charge in [-0.2, -0.15) is 0 Å². The Labute approximate surface area is 233 Å². The molecule has 210 valence electrons. The van der Waals surface area contributed by atoms with Gasteiger partial charge in [-0.05, 0) is 85.5 Å². The van der Waals surface area contributed by atoms with E-state index in [1.165, 1.54) is 98.6 Å². The fourth-order valence-corrected chi connectivity index (χ4v) is 8.50. The van der Waals surface area contributed by atoms with Crippen molar-refractivity contribution in [3.8, 4) is 0 Å². The molecule has 1 aliphatic rings. The third kappa shape index (κ3) is 8.91. The lowest BCUT2D eigenvalue weighted by molar-refractivity contribution is 0.0706. The van der Waals surface area contributed by atoms with Crippen LogP contribution in [-0.4, -0.2) is 28.6 Å². The Kier molecular flexibility index (Phi) is 13.8. The van der Waals surface area contributed by atoms with E-state index >= 15 is 0 Å². The van der Waals surface area contributed by atoms with Gasteiger partial charge in [-0.25, -0.2) is 0 Å². The van der Waals surface area contributed by atoms with Crippen LogP contribution in [0.2, 0.25) is 6.04 Å². The standard InChI is InChI=1S/C18H16.C16H36O3Si/c1-3-7-15-13(5-1)9-11-18-16-8-4-2-6-14(16)10-12-17(15)18;1-5-9-10-11-12-13-14-15-16-20(17-6-2,18-7-3)19-8-4/h1,3,5,7,9-12H,2,4,6,8H2;5-16H2,1-4H3. The lowest BCUT2D eigenvalue weighted by Gasteiger charge is -2.28. The number of hydrogen-bond donors (Lipinski definition) is 0. The predicted molar refractivity (Wildman–Crippen MR) is 166 cm³/mol. The molecule has 4 heteroatoms. The normalized spacial score (nSPS) is 13.4. The topological polar surface area (TPSA) is 27.7 Å². The Bertz CT molecular complexity index is 1060. The van der Waals surface area contributed by atoms with Crippen molar-refractivity contribution in [1.29, 1.82) is 0 Å². The van der Waals surface area contributed by atoms with E-state index in [9.17, 15) is 0 Å². The molecule has 3 aromatic rings. The highest BCUT2D eigenvalue weighted by Gasteiger charge is 2.39. The van der Waals surface area contributed by atoms with E-state index in [1.807, 2.05) is 20.8 Å². The van der Waals surface area contributed by atoms with Crippen LogP contribution in [0, 0.1) is 0 Å². The Morgan fingerprint density at radius 2 is 1.18 bits per heavy atom. The van der Waals surface area contributed by atoms with Crippen molar-refractivity contribution in [3.63, 3.8) is 0 Å². The predicted octanol–water partition coefficient (Wildman–Crippen LogP) is 10.0. The SMILES string of the molecule is CCCCCCCCCC[Si](OCC)(OCC)OCC.c1ccc2c(c1)ccc1c3c(ccc12)CCCC3. The Balaban J connectivity index is 0.000000211. The molecule has 0 heterocycles. The fourth-order valence-electron chi connectivity index (χ4n) is 5.82. The molecule has 3 nitrogen and oxygen atoms in total. The summed E-state index contributed by atoms with van der Waals surface area (Å²) in [6, 6.07) is 18.9. The van der Waals surface area contributed by atoms with Crippen molar-refractivity contribution in [1.82, 2.24) is 0 Å². The summed E-state index contributed by atoms with van der Waals surface area (Å²) in [5, 5.41) is 5.64. The molecule has 0 atom stereocenters. The van der Waals surface area contributed by atoms with Crippen LogP contribution < -0.4 is 0 Å². The molecule has 0 bridgehead atoms. The first-order valence-corrected chi connectivity index (χ1v) is 17.4. The molecule has 0 N–H and O–H groups in total. The Morgan fingerprint density at radius 1 is 0.579 bits per heavy atom. The van der Waals surface area contributed by atoms with Gasteiger partial charge < -0.3 is 13.3 Å². The van der Waals surface area contributed by atoms with Crippen molar-refractivity contribution in [2.45, 2.75) is 111 Å². The largest absolute Gasteiger partial charge is 0.500 e. The zero-order valence-electron chi connectivity index (χ0n) is 24.7. The van der Waals surface area contributed by atoms with Crippen LogP contribution in [0.25, 0.3) is 21.5 Å². The minimum absolute atomic E-state index is 0.684. The molecule has 0 saturated heterocycles. The third-order valence-corrected chi connectivity index (χ3v) is 10.8. The van der Waals surface area contributed by atoms with Crippen molar-refractivity contribution in [3.05, 3.63) is 59.7 Å². The maximum absolute atomic E-state index is 5.86. The van der Waals surface area contributed by atoms with Crippen LogP contribution in [0.5, 0.6) is 0 Å². The quantitative estimate of drug-likeness (QED) is 0.110. The summed E-state index contributed by atoms with van der Waals surface area (Å²) < 4.78 is 17.6. The van der Waals surface area contributed by atoms with Gasteiger partial charge in [-0.1, -0.05) is 100 Å². The zero-order valence-corrected chi connectivity index (χ0v) is 25.7. The van der Waals surface area contributed by atoms with Crippen LogP contribution in [0.1, 0.15) is 103 Å². The van der Waals surface area contributed by atoms with Gasteiger partial charge in [0.2, 0.25) is 0 Å². The maximum Gasteiger partial charge on any atom is 0.500 e. The molecule has 4 rings (SSSR count). The van der Waals surface area contributed by atoms with Gasteiger partial charge in [0.05, 0.1) is 0 Å². The van der Waals surface area contributed by atoms with Crippen LogP contribution in [0.15, 0.2) is 48.5 Å². The minimum Gasteiger partial charge on any atom is -0.374 e. The van der Waals surface area contributed by atoms with Crippen molar-refractivity contribution in [2.24, 2.45) is 0 Å². The summed E-state index contributed by atoms with van der Waals surface area (Å²) in [6.45, 7) is 10.4. The molecule has 0 aromatic heterocycles. The monoisotopic (exact) mass is 536 g/mol. The van der Waals surface area contributed by atoms with Crippen LogP contribution in [0.4, 0.5) is 0 Å². The van der Waals surface area contributed by atoms with Crippen LogP contribution in [-0.2, 0) is 26.1 Å². The van der Waals surface area contributed by atoms with Crippen molar-refractivity contribution < 1.29 is 13.3 Å². The van der Waals surface area contributed by atoms with E-state index in [0.29, 0.717) is 19.8 Å². The highest BCUT2D eigenvalue weighted by Crippen LogP contribution is 2.33. The van der Waals surface area contributed by atoms with E-state index < -0.39 is 8.80 Å². The summed E-state index contributed by atoms with van der Waals surface area (Å²) >= 11 is 0. The highest BCUT2D eigenvalue weighted by atomic mass is 28.4. The van der Waals surface area contributed by atoms with Gasteiger partial charge in [0.15, 0.2) is 0 Å². The van der Waals surface area contributed by atoms with E-state index in [2.05, 4.69) is 55.5 Å². The molecule has 0 saturated carbocycles. The van der Waals surface area contributed by atoms with Crippen molar-refractivity contribution in [2.75, 3.05) is 19.8 Å². The van der Waals surface area contributed by atoms with Crippen LogP contribution >= 0.6 is 0 Å². The lowest BCUT2D eigenvalue weighted by Crippen LogP contribution is -2.45. The molecule has 0 amide bonds. The summed E-state index contributed by atoms with van der Waals surface area (Å²) in [5.74, 6) is 0. The summed E-state index contributed by atoms with van der Waals surface area (Å²) in [4.78, 5) is 0. The van der Waals surface area contributed by atoms with Gasteiger partial charge >= 0.3 is 8.80 Å². The summed E-state index contributed by atoms with van der Waals surface area (Å²) in [6.07, 6.45) is 15.8. The smallest absolute Gasteiger partial charge is 0.374 e. The molecule has 3 aromatic carbocycles. The number of rotatable bonds is 15. The fraction of sp³-hybridized carbons (Fsp3) is 0.588. The molecule has 0 spiro atoms. The maximum atomic E-state index is 5.86. The summed E-state index contributed by atoms with van der Waals surface area (Å²) in [7, 11) is -2.38. The third-order valence-electron chi connectivity index (χ3n) is 7.69. The van der Waals surface area contributed by atoms with Gasteiger partial charge in [-0.3, -0.25) is 0 Å². The first kappa shape index (κ1) is 30.8. The average molecular weight is 537 g/mol. The second kappa shape index (κ2) is 17.1. The first-order chi connectivity index (χ1) is 18.7. The Hall–Kier alpha value is -1.72. The minimum atomic E-state index is -2.38. The second-order valence-corrected chi connectivity index (χ2v) is 13.2. The van der Waals surface area contributed by atoms with E-state index in [4.69, 9.17) is 13.3 Å². The molecule has 0 unspecified atom stereocenters. The molecule has 38 heavy (non-hydrogen) atoms. The average Bonchev–Trinajstić information content (AvgIpc) is 2.95.